The summed E-state index contributed by atoms with van der Waals surface area (Å²) in [6.45, 7) is 1.66. The van der Waals surface area contributed by atoms with Crippen molar-refractivity contribution in [3.05, 3.63) is 62.6 Å². The van der Waals surface area contributed by atoms with E-state index in [2.05, 4.69) is 31.8 Å². The summed E-state index contributed by atoms with van der Waals surface area (Å²) < 4.78 is 0.927. The van der Waals surface area contributed by atoms with Crippen LogP contribution in [0.4, 0.5) is 11.4 Å². The molecule has 3 N–H and O–H groups in total. The van der Waals surface area contributed by atoms with E-state index in [9.17, 15) is 20.0 Å². The number of carbonyl (C=O) groups excluding carboxylic acids is 1. The number of anilines is 1. The number of nitrogens with one attached hydrogen (secondary N) is 2. The van der Waals surface area contributed by atoms with E-state index >= 15 is 0 Å². The molecule has 1 unspecified atom stereocenters. The highest BCUT2D eigenvalue weighted by molar-refractivity contribution is 9.10. The number of hydrazone groups is 1. The summed E-state index contributed by atoms with van der Waals surface area (Å²) >= 11 is 3.33. The number of aromatic hydroxyl groups is 1. The van der Waals surface area contributed by atoms with Crippen molar-refractivity contribution < 1.29 is 14.8 Å². The molecule has 0 bridgehead atoms. The van der Waals surface area contributed by atoms with Gasteiger partial charge < -0.3 is 10.4 Å². The molecule has 2 aromatic rings. The normalized spacial score (nSPS) is 11.9. The standard InChI is InChI=1S/C16H15BrN4O4/c1-10(19-13-4-2-12(17)3-5-13)16(23)20-18-9-11-8-14(21(24)25)6-7-15(11)22/h2-10,19,22H,1H3,(H,20,23). The molecule has 0 aliphatic heterocycles. The van der Waals surface area contributed by atoms with Crippen molar-refractivity contribution in [2.24, 2.45) is 5.10 Å². The largest absolute Gasteiger partial charge is 0.507 e. The van der Waals surface area contributed by atoms with Crippen LogP contribution in [0.2, 0.25) is 0 Å². The van der Waals surface area contributed by atoms with Gasteiger partial charge in [-0.15, -0.1) is 0 Å². The Bertz CT molecular complexity index is 808. The predicted molar refractivity (Wildman–Crippen MR) is 97.7 cm³/mol. The van der Waals surface area contributed by atoms with Gasteiger partial charge in [0.1, 0.15) is 11.8 Å². The van der Waals surface area contributed by atoms with Crippen LogP contribution in [-0.2, 0) is 4.79 Å². The lowest BCUT2D eigenvalue weighted by Gasteiger charge is -2.13. The SMILES string of the molecule is CC(Nc1ccc(Br)cc1)C(=O)NN=Cc1cc([N+](=O)[O-])ccc1O. The molecule has 2 rings (SSSR count). The van der Waals surface area contributed by atoms with Gasteiger partial charge in [-0.3, -0.25) is 14.9 Å². The number of phenols is 1. The second-order valence-electron chi connectivity index (χ2n) is 5.11. The average molecular weight is 407 g/mol. The number of nitro groups is 1. The summed E-state index contributed by atoms with van der Waals surface area (Å²) in [6, 6.07) is 10.3. The topological polar surface area (TPSA) is 117 Å². The number of benzene rings is 2. The molecule has 8 nitrogen and oxygen atoms in total. The predicted octanol–water partition coefficient (Wildman–Crippen LogP) is 3.01. The Morgan fingerprint density at radius 1 is 1.32 bits per heavy atom. The summed E-state index contributed by atoms with van der Waals surface area (Å²) in [4.78, 5) is 22.1. The first-order chi connectivity index (χ1) is 11.9. The molecule has 0 aromatic heterocycles. The van der Waals surface area contributed by atoms with Crippen molar-refractivity contribution in [2.45, 2.75) is 13.0 Å². The average Bonchev–Trinajstić information content (AvgIpc) is 2.58. The summed E-state index contributed by atoms with van der Waals surface area (Å²) in [7, 11) is 0. The van der Waals surface area contributed by atoms with E-state index in [0.717, 1.165) is 22.4 Å². The van der Waals surface area contributed by atoms with E-state index in [0.29, 0.717) is 0 Å². The van der Waals surface area contributed by atoms with Crippen LogP contribution < -0.4 is 10.7 Å². The van der Waals surface area contributed by atoms with Gasteiger partial charge >= 0.3 is 0 Å². The second kappa shape index (κ2) is 8.25. The van der Waals surface area contributed by atoms with Crippen molar-refractivity contribution in [3.63, 3.8) is 0 Å². The zero-order valence-corrected chi connectivity index (χ0v) is 14.7. The Kier molecular flexibility index (Phi) is 6.07. The van der Waals surface area contributed by atoms with Crippen molar-refractivity contribution in [2.75, 3.05) is 5.32 Å². The number of amides is 1. The lowest BCUT2D eigenvalue weighted by Crippen LogP contribution is -2.34. The van der Waals surface area contributed by atoms with Crippen molar-refractivity contribution >= 4 is 39.4 Å². The van der Waals surface area contributed by atoms with E-state index in [4.69, 9.17) is 0 Å². The smallest absolute Gasteiger partial charge is 0.270 e. The van der Waals surface area contributed by atoms with Crippen molar-refractivity contribution in [1.29, 1.82) is 0 Å². The van der Waals surface area contributed by atoms with Gasteiger partial charge in [0.15, 0.2) is 0 Å². The van der Waals surface area contributed by atoms with Gasteiger partial charge in [-0.2, -0.15) is 5.10 Å². The Labute approximate surface area is 151 Å². The molecule has 0 spiro atoms. The number of non-ortho nitro benzene ring substituents is 1. The summed E-state index contributed by atoms with van der Waals surface area (Å²) in [5.74, 6) is -0.575. The van der Waals surface area contributed by atoms with Crippen LogP contribution in [0.5, 0.6) is 5.75 Å². The first kappa shape index (κ1) is 18.4. The molecule has 1 amide bonds. The zero-order chi connectivity index (χ0) is 18.4. The van der Waals surface area contributed by atoms with Crippen LogP contribution in [0.3, 0.4) is 0 Å². The molecule has 0 saturated heterocycles. The zero-order valence-electron chi connectivity index (χ0n) is 13.1. The molecule has 0 aliphatic carbocycles. The first-order valence-corrected chi connectivity index (χ1v) is 7.98. The van der Waals surface area contributed by atoms with E-state index < -0.39 is 16.9 Å². The molecule has 0 fully saturated rings. The van der Waals surface area contributed by atoms with Crippen LogP contribution in [0.15, 0.2) is 52.0 Å². The van der Waals surface area contributed by atoms with Crippen LogP contribution >= 0.6 is 15.9 Å². The van der Waals surface area contributed by atoms with Gasteiger partial charge in [-0.1, -0.05) is 15.9 Å². The van der Waals surface area contributed by atoms with E-state index in [1.807, 2.05) is 24.3 Å². The maximum absolute atomic E-state index is 12.0. The minimum Gasteiger partial charge on any atom is -0.507 e. The highest BCUT2D eigenvalue weighted by atomic mass is 79.9. The molecule has 130 valence electrons. The highest BCUT2D eigenvalue weighted by Gasteiger charge is 2.12. The molecule has 9 heteroatoms. The molecule has 0 heterocycles. The second-order valence-corrected chi connectivity index (χ2v) is 6.02. The number of nitro benzene ring substituents is 1. The van der Waals surface area contributed by atoms with Crippen molar-refractivity contribution in [3.8, 4) is 5.75 Å². The summed E-state index contributed by atoms with van der Waals surface area (Å²) in [5, 5.41) is 27.1. The molecule has 1 atom stereocenters. The lowest BCUT2D eigenvalue weighted by molar-refractivity contribution is -0.384. The first-order valence-electron chi connectivity index (χ1n) is 7.19. The van der Waals surface area contributed by atoms with E-state index in [1.165, 1.54) is 12.1 Å². The number of phenolic OH excluding ortho intramolecular Hbond substituents is 1. The quantitative estimate of drug-likeness (QED) is 0.387. The van der Waals surface area contributed by atoms with Gasteiger partial charge in [0.2, 0.25) is 0 Å². The fourth-order valence-electron chi connectivity index (χ4n) is 1.88. The van der Waals surface area contributed by atoms with Gasteiger partial charge in [0.05, 0.1) is 11.1 Å². The summed E-state index contributed by atoms with van der Waals surface area (Å²) in [6.07, 6.45) is 1.15. The Balaban J connectivity index is 1.96. The number of nitrogens with zero attached hydrogens (tertiary/aromatic N) is 2. The Morgan fingerprint density at radius 3 is 2.64 bits per heavy atom. The minimum absolute atomic E-state index is 0.128. The number of halogens is 1. The minimum atomic E-state index is -0.584. The third-order valence-corrected chi connectivity index (χ3v) is 3.75. The van der Waals surface area contributed by atoms with Crippen LogP contribution in [0, 0.1) is 10.1 Å². The molecule has 0 radical (unpaired) electrons. The summed E-state index contributed by atoms with van der Waals surface area (Å²) in [5.41, 5.74) is 3.03. The van der Waals surface area contributed by atoms with Gasteiger partial charge in [0, 0.05) is 27.9 Å². The Hall–Kier alpha value is -2.94. The molecule has 2 aromatic carbocycles. The van der Waals surface area contributed by atoms with Gasteiger partial charge in [-0.05, 0) is 37.3 Å². The van der Waals surface area contributed by atoms with Crippen LogP contribution in [0.25, 0.3) is 0 Å². The number of hydrogen-bond donors (Lipinski definition) is 3. The number of rotatable bonds is 6. The number of hydrogen-bond acceptors (Lipinski definition) is 6. The molecular formula is C16H15BrN4O4. The Morgan fingerprint density at radius 2 is 2.00 bits per heavy atom. The van der Waals surface area contributed by atoms with Gasteiger partial charge in [-0.25, -0.2) is 5.43 Å². The number of carbonyl (C=O) groups is 1. The van der Waals surface area contributed by atoms with E-state index in [-0.39, 0.29) is 17.0 Å². The third kappa shape index (κ3) is 5.28. The van der Waals surface area contributed by atoms with Crippen LogP contribution in [0.1, 0.15) is 12.5 Å². The molecule has 0 aliphatic rings. The lowest BCUT2D eigenvalue weighted by atomic mass is 10.2. The molecular weight excluding hydrogens is 392 g/mol. The fourth-order valence-corrected chi connectivity index (χ4v) is 2.15. The van der Waals surface area contributed by atoms with Gasteiger partial charge in [0.25, 0.3) is 11.6 Å². The fraction of sp³-hybridized carbons (Fsp3) is 0.125. The highest BCUT2D eigenvalue weighted by Crippen LogP contribution is 2.21. The molecule has 0 saturated carbocycles. The molecule has 25 heavy (non-hydrogen) atoms. The maximum atomic E-state index is 12.0. The maximum Gasteiger partial charge on any atom is 0.270 e. The third-order valence-electron chi connectivity index (χ3n) is 3.22. The monoisotopic (exact) mass is 406 g/mol. The van der Waals surface area contributed by atoms with Crippen LogP contribution in [-0.4, -0.2) is 28.2 Å². The van der Waals surface area contributed by atoms with Crippen molar-refractivity contribution in [1.82, 2.24) is 5.43 Å². The van der Waals surface area contributed by atoms with E-state index in [1.54, 1.807) is 6.92 Å².